The van der Waals surface area contributed by atoms with Gasteiger partial charge in [0.1, 0.15) is 0 Å². The Morgan fingerprint density at radius 2 is 1.74 bits per heavy atom. The smallest absolute Gasteiger partial charge is 0.343 e. The molecule has 0 fully saturated rings. The first kappa shape index (κ1) is 25.1. The predicted octanol–water partition coefficient (Wildman–Crippen LogP) is 6.24. The molecule has 0 spiro atoms. The van der Waals surface area contributed by atoms with Gasteiger partial charge < -0.3 is 9.47 Å². The Morgan fingerprint density at radius 3 is 2.50 bits per heavy atom. The van der Waals surface area contributed by atoms with Crippen LogP contribution in [0.15, 0.2) is 105 Å². The minimum Gasteiger partial charge on any atom is -0.493 e. The van der Waals surface area contributed by atoms with Crippen LogP contribution in [0.5, 0.6) is 11.5 Å². The van der Waals surface area contributed by atoms with Crippen LogP contribution in [0.2, 0.25) is 0 Å². The lowest BCUT2D eigenvalue weighted by Crippen LogP contribution is -2.20. The van der Waals surface area contributed by atoms with E-state index >= 15 is 0 Å². The van der Waals surface area contributed by atoms with Crippen molar-refractivity contribution >= 4 is 39.0 Å². The molecule has 7 nitrogen and oxygen atoms in total. The molecule has 188 valence electrons. The molecule has 8 heteroatoms. The maximum Gasteiger partial charge on any atom is 0.343 e. The van der Waals surface area contributed by atoms with E-state index in [2.05, 4.69) is 21.0 Å². The number of carbonyl (C=O) groups is 1. The summed E-state index contributed by atoms with van der Waals surface area (Å²) < 4.78 is 13.2. The number of para-hydroxylation sites is 1. The number of nitrogens with zero attached hydrogens (tertiary/aromatic N) is 3. The lowest BCUT2D eigenvalue weighted by molar-refractivity contribution is 0.0729. The Labute approximate surface area is 227 Å². The molecule has 0 atom stereocenters. The van der Waals surface area contributed by atoms with Gasteiger partial charge in [-0.1, -0.05) is 57.9 Å². The van der Waals surface area contributed by atoms with Crippen molar-refractivity contribution in [1.29, 1.82) is 0 Å². The number of esters is 1. The maximum atomic E-state index is 13.4. The van der Waals surface area contributed by atoms with Gasteiger partial charge in [0, 0.05) is 10.0 Å². The van der Waals surface area contributed by atoms with E-state index in [1.165, 1.54) is 18.0 Å². The molecule has 38 heavy (non-hydrogen) atoms. The first-order valence-electron chi connectivity index (χ1n) is 11.7. The highest BCUT2D eigenvalue weighted by molar-refractivity contribution is 9.10. The van der Waals surface area contributed by atoms with E-state index in [1.54, 1.807) is 54.6 Å². The van der Waals surface area contributed by atoms with Crippen molar-refractivity contribution in [2.45, 2.75) is 6.92 Å². The van der Waals surface area contributed by atoms with Crippen molar-refractivity contribution in [2.24, 2.45) is 5.10 Å². The molecule has 0 N–H and O–H groups in total. The fraction of sp³-hybridized carbons (Fsp3) is 0.0667. The standard InChI is InChI=1S/C30H22BrN3O4/c1-19-6-5-7-22(16-19)30(36)38-26-15-10-20(17-27(26)37-2)18-32-34-28(21-11-13-23(31)14-12-21)33-25-9-4-3-8-24(25)29(34)35/h3-18H,1-2H3. The minimum atomic E-state index is -0.485. The van der Waals surface area contributed by atoms with E-state index in [0.29, 0.717) is 33.6 Å². The fourth-order valence-corrected chi connectivity index (χ4v) is 4.18. The molecule has 1 heterocycles. The summed E-state index contributed by atoms with van der Waals surface area (Å²) in [7, 11) is 1.49. The van der Waals surface area contributed by atoms with Crippen LogP contribution >= 0.6 is 15.9 Å². The first-order chi connectivity index (χ1) is 18.4. The second-order valence-corrected chi connectivity index (χ2v) is 9.41. The molecular weight excluding hydrogens is 546 g/mol. The molecule has 0 amide bonds. The van der Waals surface area contributed by atoms with E-state index in [9.17, 15) is 9.59 Å². The normalized spacial score (nSPS) is 11.1. The quantitative estimate of drug-likeness (QED) is 0.138. The van der Waals surface area contributed by atoms with Crippen LogP contribution in [-0.2, 0) is 0 Å². The Balaban J connectivity index is 1.50. The van der Waals surface area contributed by atoms with Crippen molar-refractivity contribution in [1.82, 2.24) is 9.66 Å². The van der Waals surface area contributed by atoms with E-state index in [4.69, 9.17) is 14.5 Å². The van der Waals surface area contributed by atoms with E-state index < -0.39 is 5.97 Å². The number of halogens is 1. The monoisotopic (exact) mass is 567 g/mol. The van der Waals surface area contributed by atoms with E-state index in [-0.39, 0.29) is 11.3 Å². The van der Waals surface area contributed by atoms with Gasteiger partial charge >= 0.3 is 5.97 Å². The summed E-state index contributed by atoms with van der Waals surface area (Å²) in [6.45, 7) is 1.91. The highest BCUT2D eigenvalue weighted by Gasteiger charge is 2.14. The van der Waals surface area contributed by atoms with Gasteiger partial charge in [0.05, 0.1) is 29.8 Å². The van der Waals surface area contributed by atoms with Crippen LogP contribution in [0, 0.1) is 6.92 Å². The minimum absolute atomic E-state index is 0.274. The van der Waals surface area contributed by atoms with Crippen molar-refractivity contribution < 1.29 is 14.3 Å². The number of rotatable bonds is 6. The average molecular weight is 568 g/mol. The molecular formula is C30H22BrN3O4. The third kappa shape index (κ3) is 5.26. The van der Waals surface area contributed by atoms with Crippen LogP contribution in [0.1, 0.15) is 21.5 Å². The van der Waals surface area contributed by atoms with Gasteiger partial charge in [-0.2, -0.15) is 9.78 Å². The Hall–Kier alpha value is -4.56. The molecule has 0 aliphatic heterocycles. The summed E-state index contributed by atoms with van der Waals surface area (Å²) >= 11 is 3.44. The molecule has 0 saturated heterocycles. The molecule has 0 aliphatic carbocycles. The number of fused-ring (bicyclic) bond motifs is 1. The zero-order valence-electron chi connectivity index (χ0n) is 20.6. The molecule has 5 aromatic rings. The zero-order valence-corrected chi connectivity index (χ0v) is 22.2. The van der Waals surface area contributed by atoms with Gasteiger partial charge in [0.2, 0.25) is 0 Å². The van der Waals surface area contributed by atoms with Crippen molar-refractivity contribution in [3.8, 4) is 22.9 Å². The first-order valence-corrected chi connectivity index (χ1v) is 12.5. The number of aryl methyl sites for hydroxylation is 1. The Morgan fingerprint density at radius 1 is 0.947 bits per heavy atom. The maximum absolute atomic E-state index is 13.4. The lowest BCUT2D eigenvalue weighted by Gasteiger charge is -2.11. The molecule has 5 rings (SSSR count). The van der Waals surface area contributed by atoms with Gasteiger partial charge in [0.15, 0.2) is 17.3 Å². The molecule has 4 aromatic carbocycles. The fourth-order valence-electron chi connectivity index (χ4n) is 3.92. The summed E-state index contributed by atoms with van der Waals surface area (Å²) in [6, 6.07) is 26.9. The third-order valence-electron chi connectivity index (χ3n) is 5.82. The van der Waals surface area contributed by atoms with Crippen LogP contribution in [0.3, 0.4) is 0 Å². The lowest BCUT2D eigenvalue weighted by atomic mass is 10.1. The predicted molar refractivity (Wildman–Crippen MR) is 151 cm³/mol. The topological polar surface area (TPSA) is 82.8 Å². The largest absolute Gasteiger partial charge is 0.493 e. The molecule has 0 bridgehead atoms. The summed E-state index contributed by atoms with van der Waals surface area (Å²) in [6.07, 6.45) is 1.54. The molecule has 1 aromatic heterocycles. The summed E-state index contributed by atoms with van der Waals surface area (Å²) in [5.74, 6) is 0.554. The third-order valence-corrected chi connectivity index (χ3v) is 6.35. The number of aromatic nitrogens is 2. The second kappa shape index (κ2) is 10.8. The van der Waals surface area contributed by atoms with E-state index in [1.807, 2.05) is 43.3 Å². The van der Waals surface area contributed by atoms with Crippen LogP contribution in [0.4, 0.5) is 0 Å². The second-order valence-electron chi connectivity index (χ2n) is 8.49. The molecule has 0 unspecified atom stereocenters. The van der Waals surface area contributed by atoms with E-state index in [0.717, 1.165) is 15.6 Å². The molecule has 0 radical (unpaired) electrons. The number of methoxy groups -OCH3 is 1. The van der Waals surface area contributed by atoms with Gasteiger partial charge in [-0.15, -0.1) is 0 Å². The number of carbonyl (C=O) groups excluding carboxylic acids is 1. The van der Waals surface area contributed by atoms with Gasteiger partial charge in [0.25, 0.3) is 5.56 Å². The number of benzene rings is 4. The molecule has 0 aliphatic rings. The zero-order chi connectivity index (χ0) is 26.6. The SMILES string of the molecule is COc1cc(C=Nn2c(-c3ccc(Br)cc3)nc3ccccc3c2=O)ccc1OC(=O)c1cccc(C)c1. The highest BCUT2D eigenvalue weighted by atomic mass is 79.9. The number of hydrogen-bond acceptors (Lipinski definition) is 6. The Bertz CT molecular complexity index is 1740. The van der Waals surface area contributed by atoms with Crippen LogP contribution in [0.25, 0.3) is 22.3 Å². The van der Waals surface area contributed by atoms with Crippen molar-refractivity contribution in [2.75, 3.05) is 7.11 Å². The summed E-state index contributed by atoms with van der Waals surface area (Å²) in [4.78, 5) is 30.7. The average Bonchev–Trinajstić information content (AvgIpc) is 2.93. The highest BCUT2D eigenvalue weighted by Crippen LogP contribution is 2.29. The summed E-state index contributed by atoms with van der Waals surface area (Å²) in [5.41, 5.74) is 3.08. The summed E-state index contributed by atoms with van der Waals surface area (Å²) in [5, 5.41) is 4.95. The van der Waals surface area contributed by atoms with Crippen molar-refractivity contribution in [3.05, 3.63) is 123 Å². The number of hydrogen-bond donors (Lipinski definition) is 0. The van der Waals surface area contributed by atoms with Gasteiger partial charge in [-0.3, -0.25) is 4.79 Å². The van der Waals surface area contributed by atoms with Gasteiger partial charge in [-0.25, -0.2) is 9.78 Å². The van der Waals surface area contributed by atoms with Crippen molar-refractivity contribution in [3.63, 3.8) is 0 Å². The van der Waals surface area contributed by atoms with Crippen LogP contribution < -0.4 is 15.0 Å². The Kier molecular flexibility index (Phi) is 7.15. The van der Waals surface area contributed by atoms with Gasteiger partial charge in [-0.05, 0) is 67.1 Å². The van der Waals surface area contributed by atoms with Crippen LogP contribution in [-0.4, -0.2) is 29.0 Å². The molecule has 0 saturated carbocycles. The number of ether oxygens (including phenoxy) is 2.